The Morgan fingerprint density at radius 1 is 1.47 bits per heavy atom. The molecule has 3 nitrogen and oxygen atoms in total. The number of rotatable bonds is 3. The van der Waals surface area contributed by atoms with Crippen molar-refractivity contribution in [3.8, 4) is 0 Å². The third-order valence-electron chi connectivity index (χ3n) is 3.81. The number of carbonyl (C=O) groups is 1. The fourth-order valence-electron chi connectivity index (χ4n) is 2.78. The van der Waals surface area contributed by atoms with Crippen LogP contribution in [0.15, 0.2) is 22.7 Å². The summed E-state index contributed by atoms with van der Waals surface area (Å²) in [5.74, 6) is 0.156. The van der Waals surface area contributed by atoms with Gasteiger partial charge in [0.05, 0.1) is 0 Å². The Balaban J connectivity index is 2.21. The lowest BCUT2D eigenvalue weighted by Gasteiger charge is -2.36. The summed E-state index contributed by atoms with van der Waals surface area (Å²) in [6.45, 7) is 3.49. The van der Waals surface area contributed by atoms with Gasteiger partial charge in [0, 0.05) is 22.6 Å². The van der Waals surface area contributed by atoms with Crippen LogP contribution in [-0.2, 0) is 0 Å². The molecular formula is C15H21BrN2O. The van der Waals surface area contributed by atoms with Crippen molar-refractivity contribution in [3.63, 3.8) is 0 Å². The Morgan fingerprint density at radius 2 is 2.26 bits per heavy atom. The molecule has 2 rings (SSSR count). The van der Waals surface area contributed by atoms with Crippen molar-refractivity contribution in [1.29, 1.82) is 0 Å². The van der Waals surface area contributed by atoms with Crippen LogP contribution in [0.3, 0.4) is 0 Å². The van der Waals surface area contributed by atoms with E-state index in [0.717, 1.165) is 41.4 Å². The zero-order valence-electron chi connectivity index (χ0n) is 11.4. The van der Waals surface area contributed by atoms with Crippen LogP contribution >= 0.6 is 15.9 Å². The largest absolute Gasteiger partial charge is 0.336 e. The quantitative estimate of drug-likeness (QED) is 0.928. The average Bonchev–Trinajstić information content (AvgIpc) is 2.39. The highest BCUT2D eigenvalue weighted by molar-refractivity contribution is 9.10. The molecule has 1 unspecified atom stereocenters. The van der Waals surface area contributed by atoms with Gasteiger partial charge in [0.1, 0.15) is 0 Å². The Morgan fingerprint density at radius 3 is 2.95 bits per heavy atom. The summed E-state index contributed by atoms with van der Waals surface area (Å²) < 4.78 is 1.01. The van der Waals surface area contributed by atoms with E-state index >= 15 is 0 Å². The van der Waals surface area contributed by atoms with Gasteiger partial charge in [-0.1, -0.05) is 15.9 Å². The molecule has 1 amide bonds. The molecule has 19 heavy (non-hydrogen) atoms. The molecule has 1 atom stereocenters. The van der Waals surface area contributed by atoms with Gasteiger partial charge in [-0.05, 0) is 62.9 Å². The summed E-state index contributed by atoms with van der Waals surface area (Å²) in [5, 5.41) is 0. The number of benzene rings is 1. The zero-order chi connectivity index (χ0) is 13.8. The SMILES string of the molecule is Cc1cc(Br)ccc1C(=O)N1CCCCC1CCN. The van der Waals surface area contributed by atoms with E-state index in [1.54, 1.807) is 0 Å². The van der Waals surface area contributed by atoms with Crippen molar-refractivity contribution in [2.45, 2.75) is 38.6 Å². The van der Waals surface area contributed by atoms with E-state index in [1.807, 2.05) is 30.0 Å². The number of piperidine rings is 1. The standard InChI is InChI=1S/C15H21BrN2O/c1-11-10-12(16)5-6-14(11)15(19)18-9-3-2-4-13(18)7-8-17/h5-6,10,13H,2-4,7-9,17H2,1H3. The Kier molecular flexibility index (Phi) is 4.99. The van der Waals surface area contributed by atoms with Gasteiger partial charge in [0.25, 0.3) is 5.91 Å². The van der Waals surface area contributed by atoms with Gasteiger partial charge in [-0.25, -0.2) is 0 Å². The summed E-state index contributed by atoms with van der Waals surface area (Å²) >= 11 is 3.44. The number of likely N-dealkylation sites (tertiary alicyclic amines) is 1. The van der Waals surface area contributed by atoms with Crippen LogP contribution in [0.25, 0.3) is 0 Å². The molecule has 1 saturated heterocycles. The number of halogens is 1. The smallest absolute Gasteiger partial charge is 0.254 e. The van der Waals surface area contributed by atoms with E-state index in [1.165, 1.54) is 6.42 Å². The van der Waals surface area contributed by atoms with Gasteiger partial charge in [-0.2, -0.15) is 0 Å². The highest BCUT2D eigenvalue weighted by atomic mass is 79.9. The van der Waals surface area contributed by atoms with Crippen LogP contribution in [0.2, 0.25) is 0 Å². The number of hydrogen-bond acceptors (Lipinski definition) is 2. The molecule has 0 bridgehead atoms. The van der Waals surface area contributed by atoms with E-state index in [9.17, 15) is 4.79 Å². The third kappa shape index (κ3) is 3.37. The van der Waals surface area contributed by atoms with E-state index in [0.29, 0.717) is 12.6 Å². The predicted octanol–water partition coefficient (Wildman–Crippen LogP) is 3.10. The minimum Gasteiger partial charge on any atom is -0.336 e. The van der Waals surface area contributed by atoms with E-state index < -0.39 is 0 Å². The second kappa shape index (κ2) is 6.53. The maximum atomic E-state index is 12.7. The van der Waals surface area contributed by atoms with Crippen molar-refractivity contribution in [3.05, 3.63) is 33.8 Å². The van der Waals surface area contributed by atoms with Gasteiger partial charge in [0.2, 0.25) is 0 Å². The molecule has 4 heteroatoms. The number of aryl methyl sites for hydroxylation is 1. The summed E-state index contributed by atoms with van der Waals surface area (Å²) in [5.41, 5.74) is 7.50. The zero-order valence-corrected chi connectivity index (χ0v) is 12.9. The Bertz CT molecular complexity index is 459. The molecule has 1 heterocycles. The minimum absolute atomic E-state index is 0.156. The van der Waals surface area contributed by atoms with Gasteiger partial charge in [-0.3, -0.25) is 4.79 Å². The molecule has 1 aliphatic rings. The second-order valence-corrected chi connectivity index (χ2v) is 6.10. The number of carbonyl (C=O) groups excluding carboxylic acids is 1. The molecule has 1 aliphatic heterocycles. The molecule has 0 spiro atoms. The lowest BCUT2D eigenvalue weighted by Crippen LogP contribution is -2.44. The van der Waals surface area contributed by atoms with E-state index in [2.05, 4.69) is 15.9 Å². The first-order valence-corrected chi connectivity index (χ1v) is 7.70. The van der Waals surface area contributed by atoms with Gasteiger partial charge in [-0.15, -0.1) is 0 Å². The Labute approximate surface area is 123 Å². The van der Waals surface area contributed by atoms with Gasteiger partial charge in [0.15, 0.2) is 0 Å². The van der Waals surface area contributed by atoms with Gasteiger partial charge >= 0.3 is 0 Å². The lowest BCUT2D eigenvalue weighted by molar-refractivity contribution is 0.0604. The maximum absolute atomic E-state index is 12.7. The third-order valence-corrected chi connectivity index (χ3v) is 4.30. The normalized spacial score (nSPS) is 19.5. The topological polar surface area (TPSA) is 46.3 Å². The number of amides is 1. The van der Waals surface area contributed by atoms with Crippen LogP contribution in [0.4, 0.5) is 0 Å². The molecule has 1 aromatic rings. The van der Waals surface area contributed by atoms with Crippen LogP contribution in [0.5, 0.6) is 0 Å². The van der Waals surface area contributed by atoms with Crippen molar-refractivity contribution < 1.29 is 4.79 Å². The van der Waals surface area contributed by atoms with Crippen molar-refractivity contribution in [1.82, 2.24) is 4.90 Å². The fourth-order valence-corrected chi connectivity index (χ4v) is 3.26. The van der Waals surface area contributed by atoms with Crippen LogP contribution in [0.1, 0.15) is 41.6 Å². The molecule has 0 saturated carbocycles. The summed E-state index contributed by atoms with van der Waals surface area (Å²) in [6.07, 6.45) is 4.29. The summed E-state index contributed by atoms with van der Waals surface area (Å²) in [4.78, 5) is 14.7. The highest BCUT2D eigenvalue weighted by Gasteiger charge is 2.27. The predicted molar refractivity (Wildman–Crippen MR) is 81.2 cm³/mol. The summed E-state index contributed by atoms with van der Waals surface area (Å²) in [6, 6.07) is 6.15. The first kappa shape index (κ1) is 14.5. The van der Waals surface area contributed by atoms with Crippen LogP contribution in [-0.4, -0.2) is 29.9 Å². The molecular weight excluding hydrogens is 304 g/mol. The molecule has 0 aromatic heterocycles. The first-order valence-electron chi connectivity index (χ1n) is 6.90. The molecule has 104 valence electrons. The monoisotopic (exact) mass is 324 g/mol. The van der Waals surface area contributed by atoms with Crippen molar-refractivity contribution in [2.75, 3.05) is 13.1 Å². The van der Waals surface area contributed by atoms with Crippen molar-refractivity contribution in [2.24, 2.45) is 5.73 Å². The van der Waals surface area contributed by atoms with Crippen LogP contribution < -0.4 is 5.73 Å². The van der Waals surface area contributed by atoms with E-state index in [4.69, 9.17) is 5.73 Å². The molecule has 2 N–H and O–H groups in total. The van der Waals surface area contributed by atoms with Gasteiger partial charge < -0.3 is 10.6 Å². The Hall–Kier alpha value is -0.870. The average molecular weight is 325 g/mol. The summed E-state index contributed by atoms with van der Waals surface area (Å²) in [7, 11) is 0. The molecule has 0 radical (unpaired) electrons. The first-order chi connectivity index (χ1) is 9.13. The molecule has 0 aliphatic carbocycles. The second-order valence-electron chi connectivity index (χ2n) is 5.18. The fraction of sp³-hybridized carbons (Fsp3) is 0.533. The number of nitrogens with two attached hydrogens (primary N) is 1. The number of hydrogen-bond donors (Lipinski definition) is 1. The van der Waals surface area contributed by atoms with Crippen molar-refractivity contribution >= 4 is 21.8 Å². The maximum Gasteiger partial charge on any atom is 0.254 e. The number of nitrogens with zero attached hydrogens (tertiary/aromatic N) is 1. The van der Waals surface area contributed by atoms with Crippen LogP contribution in [0, 0.1) is 6.92 Å². The molecule has 1 aromatic carbocycles. The molecule has 1 fully saturated rings. The van der Waals surface area contributed by atoms with E-state index in [-0.39, 0.29) is 5.91 Å². The lowest BCUT2D eigenvalue weighted by atomic mass is 9.97. The minimum atomic E-state index is 0.156. The highest BCUT2D eigenvalue weighted by Crippen LogP contribution is 2.24.